The molecule has 0 amide bonds. The smallest absolute Gasteiger partial charge is 0.462 e. The first-order chi connectivity index (χ1) is 49.5. The Bertz CT molecular complexity index is 1940. The van der Waals surface area contributed by atoms with E-state index in [1.165, 1.54) is 270 Å². The molecule has 0 saturated heterocycles. The van der Waals surface area contributed by atoms with E-state index in [9.17, 15) is 43.2 Å². The van der Waals surface area contributed by atoms with Gasteiger partial charge >= 0.3 is 39.5 Å². The van der Waals surface area contributed by atoms with Crippen molar-refractivity contribution < 1.29 is 80.2 Å². The molecule has 0 fully saturated rings. The summed E-state index contributed by atoms with van der Waals surface area (Å²) in [5.41, 5.74) is 0. The van der Waals surface area contributed by atoms with E-state index < -0.39 is 97.5 Å². The van der Waals surface area contributed by atoms with Crippen LogP contribution in [0.15, 0.2) is 0 Å². The van der Waals surface area contributed by atoms with Crippen LogP contribution < -0.4 is 0 Å². The van der Waals surface area contributed by atoms with Crippen LogP contribution in [0.1, 0.15) is 446 Å². The van der Waals surface area contributed by atoms with Gasteiger partial charge in [-0.15, -0.1) is 0 Å². The number of aliphatic hydroxyl groups excluding tert-OH is 1. The first-order valence-corrected chi connectivity index (χ1v) is 46.1. The summed E-state index contributed by atoms with van der Waals surface area (Å²) >= 11 is 0. The molecule has 3 N–H and O–H groups in total. The fraction of sp³-hybridized carbons (Fsp3) is 0.952. The number of hydrogen-bond donors (Lipinski definition) is 3. The monoisotopic (exact) mass is 1490 g/mol. The third-order valence-electron chi connectivity index (χ3n) is 19.5. The van der Waals surface area contributed by atoms with Gasteiger partial charge in [-0.25, -0.2) is 9.13 Å². The van der Waals surface area contributed by atoms with Gasteiger partial charge in [-0.1, -0.05) is 394 Å². The van der Waals surface area contributed by atoms with Gasteiger partial charge in [0.25, 0.3) is 0 Å². The summed E-state index contributed by atoms with van der Waals surface area (Å²) in [6, 6.07) is 0. The van der Waals surface area contributed by atoms with Crippen molar-refractivity contribution in [3.8, 4) is 0 Å². The molecule has 0 aliphatic rings. The molecule has 0 bridgehead atoms. The Hall–Kier alpha value is -1.94. The lowest BCUT2D eigenvalue weighted by atomic mass is 10.0. The third-order valence-corrected chi connectivity index (χ3v) is 21.4. The number of phosphoric ester groups is 2. The van der Waals surface area contributed by atoms with E-state index in [2.05, 4.69) is 34.6 Å². The number of unbranched alkanes of at least 4 members (excludes halogenated alkanes) is 55. The first-order valence-electron chi connectivity index (χ1n) is 43.1. The van der Waals surface area contributed by atoms with Crippen molar-refractivity contribution in [2.45, 2.75) is 464 Å². The maximum absolute atomic E-state index is 13.1. The number of phosphoric acid groups is 2. The van der Waals surface area contributed by atoms with Crippen LogP contribution in [0.5, 0.6) is 0 Å². The van der Waals surface area contributed by atoms with Gasteiger partial charge in [-0.05, 0) is 31.6 Å². The van der Waals surface area contributed by atoms with Crippen LogP contribution in [-0.2, 0) is 65.4 Å². The number of carbonyl (C=O) groups is 4. The molecule has 0 aliphatic carbocycles. The van der Waals surface area contributed by atoms with Crippen LogP contribution in [0.25, 0.3) is 0 Å². The molecule has 0 rings (SSSR count). The second-order valence-corrected chi connectivity index (χ2v) is 33.3. The largest absolute Gasteiger partial charge is 0.472 e. The number of esters is 4. The van der Waals surface area contributed by atoms with Crippen molar-refractivity contribution in [3.05, 3.63) is 0 Å². The van der Waals surface area contributed by atoms with Crippen LogP contribution in [0.4, 0.5) is 0 Å². The molecule has 5 atom stereocenters. The standard InChI is InChI=1S/C83H162O17P2/c1-6-9-12-15-18-21-24-26-28-29-30-31-32-34-40-44-49-54-59-64-69-83(88)100-79(73-94-81(86)67-62-57-52-47-42-38-36-35-37-41-45-50-55-60-65-76(4)5)75-98-102(91,92)96-71-77(84)70-95-101(89,90)97-74-78(72-93-80(85)66-61-56-51-46-23-20-17-14-11-8-3)99-82(87)68-63-58-53-48-43-39-33-27-25-22-19-16-13-10-7-2/h76-79,84H,6-75H2,1-5H3,(H,89,90)(H,91,92)/t77-,78+,79+/m0/s1. The zero-order chi connectivity index (χ0) is 74.8. The number of carbonyl (C=O) groups excluding carboxylic acids is 4. The molecule has 0 radical (unpaired) electrons. The van der Waals surface area contributed by atoms with E-state index in [0.717, 1.165) is 95.8 Å². The highest BCUT2D eigenvalue weighted by molar-refractivity contribution is 7.47. The zero-order valence-electron chi connectivity index (χ0n) is 66.8. The number of hydrogen-bond acceptors (Lipinski definition) is 15. The molecular weight excluding hydrogens is 1330 g/mol. The highest BCUT2D eigenvalue weighted by atomic mass is 31.2. The molecular formula is C83H162O17P2. The fourth-order valence-corrected chi connectivity index (χ4v) is 14.5. The van der Waals surface area contributed by atoms with E-state index in [1.54, 1.807) is 0 Å². The highest BCUT2D eigenvalue weighted by Gasteiger charge is 2.30. The number of rotatable bonds is 83. The van der Waals surface area contributed by atoms with Crippen molar-refractivity contribution in [1.82, 2.24) is 0 Å². The van der Waals surface area contributed by atoms with Crippen LogP contribution in [0.2, 0.25) is 0 Å². The van der Waals surface area contributed by atoms with Gasteiger partial charge in [0.15, 0.2) is 12.2 Å². The molecule has 0 aliphatic heterocycles. The molecule has 2 unspecified atom stereocenters. The quantitative estimate of drug-likeness (QED) is 0.0222. The summed E-state index contributed by atoms with van der Waals surface area (Å²) in [5.74, 6) is -1.30. The highest BCUT2D eigenvalue weighted by Crippen LogP contribution is 2.45. The maximum atomic E-state index is 13.1. The maximum Gasteiger partial charge on any atom is 0.472 e. The zero-order valence-corrected chi connectivity index (χ0v) is 68.5. The van der Waals surface area contributed by atoms with E-state index in [4.69, 9.17) is 37.0 Å². The molecule has 0 aromatic carbocycles. The van der Waals surface area contributed by atoms with Gasteiger partial charge < -0.3 is 33.8 Å². The average Bonchev–Trinajstić information content (AvgIpc) is 0.917. The number of ether oxygens (including phenoxy) is 4. The van der Waals surface area contributed by atoms with Crippen molar-refractivity contribution in [2.24, 2.45) is 5.92 Å². The van der Waals surface area contributed by atoms with E-state index in [-0.39, 0.29) is 25.7 Å². The van der Waals surface area contributed by atoms with Crippen LogP contribution >= 0.6 is 15.6 Å². The Morgan fingerprint density at radius 2 is 0.451 bits per heavy atom. The van der Waals surface area contributed by atoms with E-state index in [1.807, 2.05) is 0 Å². The lowest BCUT2D eigenvalue weighted by molar-refractivity contribution is -0.161. The molecule has 102 heavy (non-hydrogen) atoms. The van der Waals surface area contributed by atoms with Gasteiger partial charge in [0, 0.05) is 25.7 Å². The molecule has 0 spiro atoms. The van der Waals surface area contributed by atoms with Crippen molar-refractivity contribution in [1.29, 1.82) is 0 Å². The van der Waals surface area contributed by atoms with Crippen LogP contribution in [0, 0.1) is 5.92 Å². The van der Waals surface area contributed by atoms with Gasteiger partial charge in [0.1, 0.15) is 19.3 Å². The van der Waals surface area contributed by atoms with Gasteiger partial charge in [0.2, 0.25) is 0 Å². The second-order valence-electron chi connectivity index (χ2n) is 30.3. The topological polar surface area (TPSA) is 237 Å². The Morgan fingerprint density at radius 1 is 0.265 bits per heavy atom. The Balaban J connectivity index is 5.23. The van der Waals surface area contributed by atoms with Crippen molar-refractivity contribution in [3.63, 3.8) is 0 Å². The summed E-state index contributed by atoms with van der Waals surface area (Å²) in [6.07, 6.45) is 67.9. The molecule has 606 valence electrons. The summed E-state index contributed by atoms with van der Waals surface area (Å²) in [6.45, 7) is 7.36. The Labute approximate surface area is 626 Å². The predicted molar refractivity (Wildman–Crippen MR) is 418 cm³/mol. The lowest BCUT2D eigenvalue weighted by Gasteiger charge is -2.21. The van der Waals surface area contributed by atoms with E-state index in [0.29, 0.717) is 25.7 Å². The van der Waals surface area contributed by atoms with E-state index >= 15 is 0 Å². The Kier molecular flexibility index (Phi) is 74.4. The minimum absolute atomic E-state index is 0.109. The molecule has 0 aromatic rings. The summed E-state index contributed by atoms with van der Waals surface area (Å²) in [5, 5.41) is 10.7. The Morgan fingerprint density at radius 3 is 0.667 bits per heavy atom. The lowest BCUT2D eigenvalue weighted by Crippen LogP contribution is -2.30. The first kappa shape index (κ1) is 100. The van der Waals surface area contributed by atoms with Crippen molar-refractivity contribution in [2.75, 3.05) is 39.6 Å². The van der Waals surface area contributed by atoms with Gasteiger partial charge in [0.05, 0.1) is 26.4 Å². The normalized spacial score (nSPS) is 13.8. The van der Waals surface area contributed by atoms with Crippen molar-refractivity contribution >= 4 is 39.5 Å². The molecule has 0 heterocycles. The summed E-state index contributed by atoms with van der Waals surface area (Å²) < 4.78 is 68.8. The minimum Gasteiger partial charge on any atom is -0.462 e. The van der Waals surface area contributed by atoms with Crippen LogP contribution in [-0.4, -0.2) is 96.7 Å². The predicted octanol–water partition coefficient (Wildman–Crippen LogP) is 25.2. The fourth-order valence-electron chi connectivity index (χ4n) is 12.9. The SMILES string of the molecule is CCCCCCCCCCCCCCCCCCCCCCC(=O)O[C@H](COC(=O)CCCCCCCCCCCCCCCCC(C)C)COP(=O)(O)OC[C@@H](O)COP(=O)(O)OC[C@@H](COC(=O)CCCCCCCCCCCC)OC(=O)CCCCCCCCCCCCCCCCC. The summed E-state index contributed by atoms with van der Waals surface area (Å²) in [4.78, 5) is 73.1. The van der Waals surface area contributed by atoms with Gasteiger partial charge in [-0.3, -0.25) is 37.3 Å². The minimum atomic E-state index is -4.96. The molecule has 17 nitrogen and oxygen atoms in total. The molecule has 0 aromatic heterocycles. The second kappa shape index (κ2) is 75.9. The number of aliphatic hydroxyl groups is 1. The molecule has 19 heteroatoms. The summed E-state index contributed by atoms with van der Waals surface area (Å²) in [7, 11) is -9.92. The van der Waals surface area contributed by atoms with Gasteiger partial charge in [-0.2, -0.15) is 0 Å². The molecule has 0 saturated carbocycles. The van der Waals surface area contributed by atoms with Crippen LogP contribution in [0.3, 0.4) is 0 Å². The average molecular weight is 1490 g/mol. The third kappa shape index (κ3) is 76.3.